The first-order valence-electron chi connectivity index (χ1n) is 5.99. The van der Waals surface area contributed by atoms with E-state index >= 15 is 0 Å². The third kappa shape index (κ3) is 3.22. The molecule has 86 valence electrons. The molecule has 0 amide bonds. The summed E-state index contributed by atoms with van der Waals surface area (Å²) in [5.41, 5.74) is 0. The summed E-state index contributed by atoms with van der Waals surface area (Å²) < 4.78 is 0. The van der Waals surface area contributed by atoms with E-state index in [1.165, 1.54) is 6.54 Å². The van der Waals surface area contributed by atoms with Crippen molar-refractivity contribution >= 4 is 0 Å². The molecule has 1 aliphatic heterocycles. The van der Waals surface area contributed by atoms with E-state index in [-0.39, 0.29) is 0 Å². The van der Waals surface area contributed by atoms with Crippen molar-refractivity contribution in [2.24, 2.45) is 0 Å². The second-order valence-corrected chi connectivity index (χ2v) is 4.98. The molecule has 0 aromatic carbocycles. The molecule has 1 atom stereocenters. The van der Waals surface area contributed by atoms with E-state index in [1.54, 1.807) is 0 Å². The number of nitrogens with zero attached hydrogens (tertiary/aromatic N) is 2. The molecular weight excluding hydrogens is 184 g/mol. The monoisotopic (exact) mass is 208 g/mol. The molecule has 2 nitrogen and oxygen atoms in total. The highest BCUT2D eigenvalue weighted by atomic mass is 15.3. The van der Waals surface area contributed by atoms with E-state index in [0.29, 0.717) is 18.1 Å². The molecular formula is C13H24N2. The number of piperazine rings is 1. The molecule has 2 heteroatoms. The number of terminal acetylenes is 1. The van der Waals surface area contributed by atoms with Crippen molar-refractivity contribution in [3.63, 3.8) is 0 Å². The summed E-state index contributed by atoms with van der Waals surface area (Å²) in [4.78, 5) is 5.07. The molecule has 1 fully saturated rings. The molecule has 0 spiro atoms. The highest BCUT2D eigenvalue weighted by Gasteiger charge is 2.28. The Balaban J connectivity index is 2.61. The average Bonchev–Trinajstić information content (AvgIpc) is 2.17. The van der Waals surface area contributed by atoms with Crippen molar-refractivity contribution < 1.29 is 0 Å². The summed E-state index contributed by atoms with van der Waals surface area (Å²) >= 11 is 0. The molecule has 0 bridgehead atoms. The van der Waals surface area contributed by atoms with Gasteiger partial charge in [-0.2, -0.15) is 0 Å². The minimum Gasteiger partial charge on any atom is -0.298 e. The Morgan fingerprint density at radius 3 is 2.33 bits per heavy atom. The van der Waals surface area contributed by atoms with E-state index < -0.39 is 0 Å². The summed E-state index contributed by atoms with van der Waals surface area (Å²) in [5.74, 6) is 2.81. The molecule has 0 aromatic heterocycles. The highest BCUT2D eigenvalue weighted by molar-refractivity contribution is 4.95. The van der Waals surface area contributed by atoms with Crippen molar-refractivity contribution in [1.29, 1.82) is 0 Å². The van der Waals surface area contributed by atoms with E-state index in [9.17, 15) is 0 Å². The van der Waals surface area contributed by atoms with Gasteiger partial charge in [0.25, 0.3) is 0 Å². The van der Waals surface area contributed by atoms with Gasteiger partial charge in [-0.3, -0.25) is 9.80 Å². The Kier molecular flexibility index (Phi) is 4.63. The Hall–Kier alpha value is -0.520. The zero-order valence-electron chi connectivity index (χ0n) is 10.5. The molecule has 0 saturated carbocycles. The number of rotatable bonds is 3. The zero-order valence-corrected chi connectivity index (χ0v) is 10.5. The maximum atomic E-state index is 5.45. The van der Waals surface area contributed by atoms with Crippen molar-refractivity contribution in [3.8, 4) is 12.3 Å². The highest BCUT2D eigenvalue weighted by Crippen LogP contribution is 2.17. The Morgan fingerprint density at radius 1 is 1.20 bits per heavy atom. The summed E-state index contributed by atoms with van der Waals surface area (Å²) in [6.45, 7) is 12.5. The van der Waals surface area contributed by atoms with Gasteiger partial charge < -0.3 is 0 Å². The topological polar surface area (TPSA) is 6.48 Å². The maximum Gasteiger partial charge on any atom is 0.0335 e. The average molecular weight is 208 g/mol. The van der Waals surface area contributed by atoms with Gasteiger partial charge in [-0.1, -0.05) is 0 Å². The van der Waals surface area contributed by atoms with Crippen molar-refractivity contribution in [1.82, 2.24) is 9.80 Å². The van der Waals surface area contributed by atoms with Crippen LogP contribution in [-0.4, -0.2) is 47.6 Å². The SMILES string of the molecule is C#CCC1CN(C(C)C)CCN1C(C)C. The molecule has 0 aliphatic carbocycles. The van der Waals surface area contributed by atoms with Crippen LogP contribution < -0.4 is 0 Å². The van der Waals surface area contributed by atoms with Crippen molar-refractivity contribution in [2.45, 2.75) is 52.2 Å². The zero-order chi connectivity index (χ0) is 11.4. The molecule has 1 rings (SSSR count). The van der Waals surface area contributed by atoms with E-state index in [1.807, 2.05) is 0 Å². The van der Waals surface area contributed by atoms with Gasteiger partial charge in [-0.05, 0) is 27.7 Å². The van der Waals surface area contributed by atoms with Crippen LogP contribution in [0, 0.1) is 12.3 Å². The number of hydrogen-bond acceptors (Lipinski definition) is 2. The van der Waals surface area contributed by atoms with Crippen molar-refractivity contribution in [3.05, 3.63) is 0 Å². The van der Waals surface area contributed by atoms with Crippen LogP contribution in [0.25, 0.3) is 0 Å². The second-order valence-electron chi connectivity index (χ2n) is 4.98. The largest absolute Gasteiger partial charge is 0.298 e. The lowest BCUT2D eigenvalue weighted by Gasteiger charge is -2.44. The van der Waals surface area contributed by atoms with Crippen LogP contribution in [0.15, 0.2) is 0 Å². The smallest absolute Gasteiger partial charge is 0.0335 e. The Bertz CT molecular complexity index is 227. The first kappa shape index (κ1) is 12.5. The fourth-order valence-electron chi connectivity index (χ4n) is 2.36. The molecule has 1 saturated heterocycles. The van der Waals surface area contributed by atoms with Crippen LogP contribution >= 0.6 is 0 Å². The molecule has 0 N–H and O–H groups in total. The summed E-state index contributed by atoms with van der Waals surface area (Å²) in [7, 11) is 0. The predicted molar refractivity (Wildman–Crippen MR) is 65.8 cm³/mol. The molecule has 1 aliphatic rings. The second kappa shape index (κ2) is 5.53. The predicted octanol–water partition coefficient (Wildman–Crippen LogP) is 1.81. The van der Waals surface area contributed by atoms with Gasteiger partial charge in [0.1, 0.15) is 0 Å². The van der Waals surface area contributed by atoms with Crippen LogP contribution in [0.1, 0.15) is 34.1 Å². The first-order chi connectivity index (χ1) is 7.06. The van der Waals surface area contributed by atoms with E-state index in [4.69, 9.17) is 6.42 Å². The minimum atomic E-state index is 0.547. The van der Waals surface area contributed by atoms with Crippen LogP contribution in [0.3, 0.4) is 0 Å². The fraction of sp³-hybridized carbons (Fsp3) is 0.846. The quantitative estimate of drug-likeness (QED) is 0.653. The first-order valence-corrected chi connectivity index (χ1v) is 5.99. The van der Waals surface area contributed by atoms with Gasteiger partial charge in [-0.15, -0.1) is 12.3 Å². The third-order valence-corrected chi connectivity index (χ3v) is 3.31. The minimum absolute atomic E-state index is 0.547. The molecule has 1 heterocycles. The van der Waals surface area contributed by atoms with E-state index in [2.05, 4.69) is 43.4 Å². The number of hydrogen-bond donors (Lipinski definition) is 0. The maximum absolute atomic E-state index is 5.45. The standard InChI is InChI=1S/C13H24N2/c1-6-7-13-10-14(11(2)3)8-9-15(13)12(4)5/h1,11-13H,7-10H2,2-5H3. The van der Waals surface area contributed by atoms with Gasteiger partial charge in [0, 0.05) is 44.2 Å². The van der Waals surface area contributed by atoms with Crippen molar-refractivity contribution in [2.75, 3.05) is 19.6 Å². The Morgan fingerprint density at radius 2 is 1.87 bits per heavy atom. The molecule has 15 heavy (non-hydrogen) atoms. The fourth-order valence-corrected chi connectivity index (χ4v) is 2.36. The van der Waals surface area contributed by atoms with Gasteiger partial charge in [0.15, 0.2) is 0 Å². The summed E-state index contributed by atoms with van der Waals surface area (Å²) in [6.07, 6.45) is 6.32. The molecule has 0 radical (unpaired) electrons. The van der Waals surface area contributed by atoms with Crippen LogP contribution in [0.4, 0.5) is 0 Å². The van der Waals surface area contributed by atoms with Gasteiger partial charge in [-0.25, -0.2) is 0 Å². The normalized spacial score (nSPS) is 24.7. The van der Waals surface area contributed by atoms with Gasteiger partial charge >= 0.3 is 0 Å². The van der Waals surface area contributed by atoms with Crippen LogP contribution in [-0.2, 0) is 0 Å². The lowest BCUT2D eigenvalue weighted by atomic mass is 10.1. The Labute approximate surface area is 94.6 Å². The molecule has 0 aromatic rings. The lowest BCUT2D eigenvalue weighted by Crippen LogP contribution is -2.56. The summed E-state index contributed by atoms with van der Waals surface area (Å²) in [5, 5.41) is 0. The van der Waals surface area contributed by atoms with Crippen LogP contribution in [0.2, 0.25) is 0 Å². The third-order valence-electron chi connectivity index (χ3n) is 3.31. The lowest BCUT2D eigenvalue weighted by molar-refractivity contribution is 0.0387. The van der Waals surface area contributed by atoms with Gasteiger partial charge in [0.2, 0.25) is 0 Å². The summed E-state index contributed by atoms with van der Waals surface area (Å²) in [6, 6.07) is 1.79. The van der Waals surface area contributed by atoms with Gasteiger partial charge in [0.05, 0.1) is 0 Å². The van der Waals surface area contributed by atoms with Crippen LogP contribution in [0.5, 0.6) is 0 Å². The van der Waals surface area contributed by atoms with E-state index in [0.717, 1.165) is 19.5 Å². The molecule has 1 unspecified atom stereocenters.